The minimum absolute atomic E-state index is 0.000281. The highest BCUT2D eigenvalue weighted by molar-refractivity contribution is 6.26. The topological polar surface area (TPSA) is 381 Å². The fraction of sp³-hybridized carbons (Fsp3) is 0.611. The van der Waals surface area contributed by atoms with Gasteiger partial charge in [-0.2, -0.15) is 16.4 Å². The van der Waals surface area contributed by atoms with Gasteiger partial charge in [-0.05, 0) is 193 Å². The highest BCUT2D eigenvalue weighted by Gasteiger charge is 2.31. The van der Waals surface area contributed by atoms with Crippen molar-refractivity contribution in [3.05, 3.63) is 143 Å². The number of halogens is 1. The molecule has 3 unspecified atom stereocenters. The van der Waals surface area contributed by atoms with Gasteiger partial charge in [0.1, 0.15) is 101 Å². The van der Waals surface area contributed by atoms with Gasteiger partial charge in [0.15, 0.2) is 40.8 Å². The van der Waals surface area contributed by atoms with E-state index in [0.717, 1.165) is 84.0 Å². The van der Waals surface area contributed by atoms with Crippen molar-refractivity contribution in [3.8, 4) is 34.5 Å². The van der Waals surface area contributed by atoms with Crippen molar-refractivity contribution >= 4 is 53.2 Å². The number of likely N-dealkylation sites (tertiary alicyclic amines) is 3. The van der Waals surface area contributed by atoms with Crippen LogP contribution >= 0.6 is 11.6 Å². The van der Waals surface area contributed by atoms with Crippen LogP contribution in [0.2, 0.25) is 0 Å². The van der Waals surface area contributed by atoms with Crippen molar-refractivity contribution in [2.75, 3.05) is 145 Å². The van der Waals surface area contributed by atoms with E-state index in [0.29, 0.717) is 125 Å². The zero-order valence-electron chi connectivity index (χ0n) is 77.1. The minimum Gasteiger partial charge on any atom is -0.467 e. The summed E-state index contributed by atoms with van der Waals surface area (Å²) in [4.78, 5) is 113. The lowest BCUT2D eigenvalue weighted by atomic mass is 9.98. The van der Waals surface area contributed by atoms with E-state index >= 15 is 0 Å². The normalized spacial score (nSPS) is 22.9. The molecule has 9 atom stereocenters. The first-order valence-corrected chi connectivity index (χ1v) is 46.1. The number of cyclic esters (lactones) is 3. The third kappa shape index (κ3) is 41.0. The number of fused-ring (bicyclic) bond motifs is 3. The molecule has 5 N–H and O–H groups in total. The molecule has 3 fully saturated rings. The molecule has 0 aliphatic carbocycles. The van der Waals surface area contributed by atoms with Crippen molar-refractivity contribution in [2.24, 2.45) is 0 Å². The third-order valence-electron chi connectivity index (χ3n) is 20.9. The van der Waals surface area contributed by atoms with Crippen molar-refractivity contribution in [2.45, 2.75) is 233 Å². The fourth-order valence-corrected chi connectivity index (χ4v) is 14.2. The monoisotopic (exact) mass is 1850 g/mol. The first-order valence-electron chi connectivity index (χ1n) is 45.6. The number of alkyl halides is 1. The molecule has 0 bridgehead atoms. The fourth-order valence-electron chi connectivity index (χ4n) is 14.2. The Labute approximate surface area is 769 Å². The second kappa shape index (κ2) is 63.1. The summed E-state index contributed by atoms with van der Waals surface area (Å²) in [6.45, 7) is 23.0. The lowest BCUT2D eigenvalue weighted by Crippen LogP contribution is -2.40. The number of carbonyl (C=O) groups is 7. The number of aliphatic hydroxyl groups excluding tert-OH is 2. The molecule has 0 saturated carbocycles. The number of nitrogens with zero attached hydrogens (tertiary/aromatic N) is 3. The smallest absolute Gasteiger partial charge is 0.342 e. The maximum atomic E-state index is 13.7. The van der Waals surface area contributed by atoms with Crippen LogP contribution in [0.3, 0.4) is 0 Å². The van der Waals surface area contributed by atoms with Gasteiger partial charge in [0, 0.05) is 123 Å². The van der Waals surface area contributed by atoms with E-state index in [1.165, 1.54) is 0 Å². The second-order valence-electron chi connectivity index (χ2n) is 31.3. The quantitative estimate of drug-likeness (QED) is 0.00676. The molecule has 9 rings (SSSR count). The van der Waals surface area contributed by atoms with Crippen molar-refractivity contribution < 1.29 is 134 Å². The van der Waals surface area contributed by atoms with E-state index in [2.05, 4.69) is 16.4 Å². The number of hydroxylamine groups is 3. The number of aliphatic hydroxyl groups is 2. The summed E-state index contributed by atoms with van der Waals surface area (Å²) in [5.74, 6) is -0.755. The molecule has 0 radical (unpaired) electrons. The van der Waals surface area contributed by atoms with Gasteiger partial charge in [-0.25, -0.2) is 14.4 Å². The van der Waals surface area contributed by atoms with E-state index in [1.54, 1.807) is 98.5 Å². The van der Waals surface area contributed by atoms with Crippen LogP contribution in [0.25, 0.3) is 0 Å². The zero-order chi connectivity index (χ0) is 93.5. The van der Waals surface area contributed by atoms with Crippen molar-refractivity contribution in [3.63, 3.8) is 0 Å². The average molecular weight is 1850 g/mol. The summed E-state index contributed by atoms with van der Waals surface area (Å²) in [7, 11) is 0. The lowest BCUT2D eigenvalue weighted by molar-refractivity contribution is -0.144. The van der Waals surface area contributed by atoms with E-state index in [1.807, 2.05) is 87.8 Å². The predicted molar refractivity (Wildman–Crippen MR) is 483 cm³/mol. The van der Waals surface area contributed by atoms with Crippen LogP contribution in [-0.4, -0.2) is 267 Å². The molecule has 6 aliphatic heterocycles. The van der Waals surface area contributed by atoms with Crippen LogP contribution in [0.4, 0.5) is 0 Å². The van der Waals surface area contributed by atoms with Crippen LogP contribution in [0.5, 0.6) is 34.5 Å². The Morgan fingerprint density at radius 1 is 0.377 bits per heavy atom. The molecule has 724 valence electrons. The molecule has 6 heterocycles. The van der Waals surface area contributed by atoms with E-state index in [4.69, 9.17) is 102 Å². The number of esters is 4. The molecule has 0 aromatic heterocycles. The summed E-state index contributed by atoms with van der Waals surface area (Å²) in [6.07, 6.45) is 30.6. The van der Waals surface area contributed by atoms with E-state index in [-0.39, 0.29) is 137 Å². The van der Waals surface area contributed by atoms with Gasteiger partial charge in [0.05, 0.1) is 30.3 Å². The number of ether oxygens (including phenoxy) is 16. The Bertz CT molecular complexity index is 3890. The maximum absolute atomic E-state index is 13.7. The van der Waals surface area contributed by atoms with Gasteiger partial charge < -0.3 is 101 Å². The molecule has 34 nitrogen and oxygen atoms in total. The predicted octanol–water partition coefficient (Wildman–Crippen LogP) is 11.9. The molecule has 35 heteroatoms. The van der Waals surface area contributed by atoms with Crippen molar-refractivity contribution in [1.29, 1.82) is 0 Å². The Balaban J connectivity index is 0.000000267. The number of rotatable bonds is 38. The molecular weight excluding hydrogens is 1710 g/mol. The summed E-state index contributed by atoms with van der Waals surface area (Å²) in [6, 6.07) is 8.60. The largest absolute Gasteiger partial charge is 0.467 e. The number of nitrogens with one attached hydrogen (secondary N) is 3. The highest BCUT2D eigenvalue weighted by atomic mass is 35.5. The van der Waals surface area contributed by atoms with Crippen LogP contribution < -0.4 is 44.9 Å². The van der Waals surface area contributed by atoms with Gasteiger partial charge in [0.2, 0.25) is 0 Å². The summed E-state index contributed by atoms with van der Waals surface area (Å²) < 4.78 is 90.3. The Morgan fingerprint density at radius 2 is 0.654 bits per heavy atom. The zero-order valence-corrected chi connectivity index (χ0v) is 77.9. The molecule has 3 aromatic carbocycles. The number of amides is 3. The molecule has 130 heavy (non-hydrogen) atoms. The summed E-state index contributed by atoms with van der Waals surface area (Å²) in [5.41, 5.74) is 11.3. The number of carbonyl (C=O) groups excluding carboxylic acids is 7. The van der Waals surface area contributed by atoms with Gasteiger partial charge in [-0.1, -0.05) is 66.8 Å². The maximum Gasteiger partial charge on any atom is 0.342 e. The van der Waals surface area contributed by atoms with Crippen molar-refractivity contribution in [1.82, 2.24) is 31.1 Å². The molecule has 3 amide bonds. The summed E-state index contributed by atoms with van der Waals surface area (Å²) >= 11 is 5.68. The van der Waals surface area contributed by atoms with Crippen LogP contribution in [-0.2, 0) is 100 Å². The van der Waals surface area contributed by atoms with Crippen LogP contribution in [0, 0.1) is 0 Å². The number of piperidine rings is 3. The average Bonchev–Trinajstić information content (AvgIpc) is 0.809. The van der Waals surface area contributed by atoms with E-state index < -0.39 is 78.6 Å². The van der Waals surface area contributed by atoms with Gasteiger partial charge in [-0.3, -0.25) is 33.7 Å². The standard InChI is InChI=1S/C33H47ClN2O10.2C31H46N2O9/c1-4-40-22-42-28-18-25-17-26(35-44-21-30(37)36-15-7-6-8-16-36)12-10-14-27(46-31(38)20-34)13-9-11-24(3)45-33(39)32(25)29(19-28)43-23-41-5-2;2*1-4-37-21-39-27-18-24-17-25(32-41-20-29(35)33-15-7-6-8-16-33)12-10-14-26(34)13-9-11-23(3)42-31(36)30(24)28(19-27)40-22-38-5-2/h9-10,12-13,18-19,24,26-27,35H,4-8,11,14-17,20-23H2,1-3H3;2*9-10,12-13,18-19,23,25-26,32,34H,4-8,11,14-17,20-22H2,1-3H3/b3*12-10+,13-9+/t24-,26?,27-;23-,25?,26+;23-,25?,26-/m111/s1. The van der Waals surface area contributed by atoms with E-state index in [9.17, 15) is 43.8 Å². The first-order chi connectivity index (χ1) is 63.1. The van der Waals surface area contributed by atoms with Gasteiger partial charge in [0.25, 0.3) is 17.7 Å². The first kappa shape index (κ1) is 108. The number of benzene rings is 3. The second-order valence-corrected chi connectivity index (χ2v) is 31.6. The van der Waals surface area contributed by atoms with Gasteiger partial charge >= 0.3 is 23.9 Å². The lowest BCUT2D eigenvalue weighted by Gasteiger charge is -2.27. The molecule has 3 aromatic rings. The highest BCUT2D eigenvalue weighted by Crippen LogP contribution is 2.36. The van der Waals surface area contributed by atoms with Crippen LogP contribution in [0.1, 0.15) is 206 Å². The molecule has 6 aliphatic rings. The minimum atomic E-state index is -0.696. The van der Waals surface area contributed by atoms with Gasteiger partial charge in [-0.15, -0.1) is 11.6 Å². The molecule has 3 saturated heterocycles. The molecular formula is C95H139ClN6O28. The summed E-state index contributed by atoms with van der Waals surface area (Å²) in [5, 5.41) is 20.7. The Morgan fingerprint density at radius 3 is 0.946 bits per heavy atom. The Hall–Kier alpha value is -9.08. The molecule has 0 spiro atoms. The van der Waals surface area contributed by atoms with Crippen LogP contribution in [0.15, 0.2) is 109 Å². The number of hydrogen-bond donors (Lipinski definition) is 5. The SMILES string of the molecule is CCOCOc1cc2c(c(OCOCC)c1)C(=O)O[C@H](C)C/C=C/[C@@H](O)C/C=C/C(NOCC(=O)N1CCCCC1)C2.CCOCOc1cc2c(c(OCOCC)c1)C(=O)O[C@H](C)C/C=C/[C@@H](OC(=O)CCl)C/C=C/C(NOCC(=O)N1CCCCC1)C2.CCOCOc1cc2c(c(OCOCC)c1)C(=O)O[C@H](C)C/C=C/[C@H](O)C/C=C/C(NOCC(=O)N1CCCCC1)C2. The Kier molecular flexibility index (Phi) is 52.4. The number of hydrogen-bond acceptors (Lipinski definition) is 31. The third-order valence-corrected chi connectivity index (χ3v) is 21.1.